The summed E-state index contributed by atoms with van der Waals surface area (Å²) in [6.07, 6.45) is 1.59. The third-order valence-electron chi connectivity index (χ3n) is 0.962. The van der Waals surface area contributed by atoms with Crippen LogP contribution in [-0.4, -0.2) is 21.3 Å². The van der Waals surface area contributed by atoms with Gasteiger partial charge in [0.1, 0.15) is 0 Å². The maximum absolute atomic E-state index is 9.20. The van der Waals surface area contributed by atoms with Crippen molar-refractivity contribution in [2.24, 2.45) is 0 Å². The molecule has 1 atom stereocenters. The molecule has 0 aliphatic rings. The van der Waals surface area contributed by atoms with Crippen LogP contribution in [0.15, 0.2) is 0 Å². The Labute approximate surface area is 87.2 Å². The summed E-state index contributed by atoms with van der Waals surface area (Å²) in [6, 6.07) is 0. The van der Waals surface area contributed by atoms with Gasteiger partial charge in [-0.05, 0) is 30.0 Å². The lowest BCUT2D eigenvalue weighted by Gasteiger charge is -2.17. The zero-order valence-electron chi connectivity index (χ0n) is 6.99. The smallest absolute Gasteiger partial charge is 0.324 e. The number of hydrogen-bond acceptors (Lipinski definition) is 4. The van der Waals surface area contributed by atoms with Gasteiger partial charge in [-0.1, -0.05) is 13.3 Å². The number of hydrogen-bond donors (Lipinski definition) is 3. The Bertz CT molecular complexity index is 239. The highest BCUT2D eigenvalue weighted by atomic mass is 32.5. The molecule has 1 unspecified atom stereocenters. The first-order valence-corrected chi connectivity index (χ1v) is 8.73. The van der Waals surface area contributed by atoms with Crippen LogP contribution in [0.3, 0.4) is 0 Å². The van der Waals surface area contributed by atoms with Crippen LogP contribution in [-0.2, 0) is 32.4 Å². The molecule has 0 heterocycles. The highest BCUT2D eigenvalue weighted by Gasteiger charge is 2.23. The van der Waals surface area contributed by atoms with Crippen molar-refractivity contribution in [3.63, 3.8) is 0 Å². The molecule has 0 aromatic carbocycles. The molecule has 0 bridgehead atoms. The van der Waals surface area contributed by atoms with Gasteiger partial charge < -0.3 is 19.2 Å². The van der Waals surface area contributed by atoms with Crippen LogP contribution in [0.1, 0.15) is 19.8 Å². The van der Waals surface area contributed by atoms with Crippen LogP contribution in [0.25, 0.3) is 0 Å². The summed E-state index contributed by atoms with van der Waals surface area (Å²) < 4.78 is 9.01. The SMILES string of the molecule is CCCCOP(O)(=S)OP(O)(O)=S. The lowest BCUT2D eigenvalue weighted by molar-refractivity contribution is 0.240. The maximum atomic E-state index is 9.20. The van der Waals surface area contributed by atoms with Gasteiger partial charge in [-0.25, -0.2) is 4.31 Å². The highest BCUT2D eigenvalue weighted by Crippen LogP contribution is 2.57. The standard InChI is InChI=1S/C4H12O5P2S2/c1-2-3-4-8-11(7,13)9-10(5,6)12/h2-4H2,1H3,(H,7,13)(H2,5,6,12). The Morgan fingerprint density at radius 1 is 1.23 bits per heavy atom. The molecule has 9 heteroatoms. The molecule has 0 aliphatic heterocycles. The summed E-state index contributed by atoms with van der Waals surface area (Å²) in [5.41, 5.74) is 0. The van der Waals surface area contributed by atoms with Gasteiger partial charge in [-0.15, -0.1) is 0 Å². The van der Waals surface area contributed by atoms with E-state index in [2.05, 4.69) is 27.9 Å². The van der Waals surface area contributed by atoms with Crippen molar-refractivity contribution in [1.82, 2.24) is 0 Å². The maximum Gasteiger partial charge on any atom is 0.331 e. The van der Waals surface area contributed by atoms with Crippen LogP contribution in [0.4, 0.5) is 0 Å². The van der Waals surface area contributed by atoms with Crippen molar-refractivity contribution in [3.05, 3.63) is 0 Å². The highest BCUT2D eigenvalue weighted by molar-refractivity contribution is 8.14. The first kappa shape index (κ1) is 14.1. The summed E-state index contributed by atoms with van der Waals surface area (Å²) in [4.78, 5) is 26.6. The molecule has 5 nitrogen and oxygen atoms in total. The molecule has 0 aliphatic carbocycles. The minimum Gasteiger partial charge on any atom is -0.324 e. The van der Waals surface area contributed by atoms with E-state index < -0.39 is 13.4 Å². The van der Waals surface area contributed by atoms with Crippen LogP contribution >= 0.6 is 13.4 Å². The molecule has 0 radical (unpaired) electrons. The van der Waals surface area contributed by atoms with Crippen LogP contribution in [0, 0.1) is 0 Å². The Morgan fingerprint density at radius 3 is 2.15 bits per heavy atom. The average molecular weight is 266 g/mol. The fourth-order valence-corrected chi connectivity index (χ4v) is 4.36. The second kappa shape index (κ2) is 5.85. The number of unbranched alkanes of at least 4 members (excludes halogenated alkanes) is 1. The monoisotopic (exact) mass is 266 g/mol. The quantitative estimate of drug-likeness (QED) is 0.493. The van der Waals surface area contributed by atoms with Gasteiger partial charge in [-0.2, -0.15) is 0 Å². The van der Waals surface area contributed by atoms with E-state index in [1.54, 1.807) is 0 Å². The van der Waals surface area contributed by atoms with E-state index in [0.717, 1.165) is 6.42 Å². The second-order valence-electron chi connectivity index (χ2n) is 2.23. The van der Waals surface area contributed by atoms with Gasteiger partial charge in [0.2, 0.25) is 0 Å². The zero-order valence-corrected chi connectivity index (χ0v) is 10.4. The predicted octanol–water partition coefficient (Wildman–Crippen LogP) is 1.25. The molecule has 0 fully saturated rings. The summed E-state index contributed by atoms with van der Waals surface area (Å²) in [5.74, 6) is 0. The molecule has 0 aromatic heterocycles. The van der Waals surface area contributed by atoms with E-state index in [1.807, 2.05) is 6.92 Å². The molecular formula is C4H12O5P2S2. The van der Waals surface area contributed by atoms with Crippen molar-refractivity contribution >= 4 is 37.1 Å². The molecule has 0 saturated carbocycles. The van der Waals surface area contributed by atoms with E-state index in [0.29, 0.717) is 6.42 Å². The van der Waals surface area contributed by atoms with E-state index in [9.17, 15) is 4.89 Å². The minimum absolute atomic E-state index is 0.222. The minimum atomic E-state index is -3.93. The third kappa shape index (κ3) is 9.41. The molecule has 0 aromatic rings. The third-order valence-corrected chi connectivity index (χ3v) is 4.66. The van der Waals surface area contributed by atoms with E-state index in [-0.39, 0.29) is 6.61 Å². The Balaban J connectivity index is 3.95. The van der Waals surface area contributed by atoms with Crippen LogP contribution < -0.4 is 0 Å². The van der Waals surface area contributed by atoms with Gasteiger partial charge in [0, 0.05) is 0 Å². The molecule has 0 saturated heterocycles. The summed E-state index contributed by atoms with van der Waals surface area (Å²) >= 11 is 8.60. The summed E-state index contributed by atoms with van der Waals surface area (Å²) in [6.45, 7) is -5.34. The molecular weight excluding hydrogens is 254 g/mol. The molecule has 13 heavy (non-hydrogen) atoms. The summed E-state index contributed by atoms with van der Waals surface area (Å²) in [7, 11) is 0. The van der Waals surface area contributed by atoms with Crippen molar-refractivity contribution in [3.8, 4) is 0 Å². The Kier molecular flexibility index (Phi) is 6.35. The van der Waals surface area contributed by atoms with Gasteiger partial charge in [-0.3, -0.25) is 0 Å². The van der Waals surface area contributed by atoms with Gasteiger partial charge in [0.05, 0.1) is 6.61 Å². The first-order valence-electron chi connectivity index (χ1n) is 3.51. The van der Waals surface area contributed by atoms with Gasteiger partial charge in [0.15, 0.2) is 0 Å². The van der Waals surface area contributed by atoms with E-state index >= 15 is 0 Å². The van der Waals surface area contributed by atoms with Crippen LogP contribution in [0.5, 0.6) is 0 Å². The normalized spacial score (nSPS) is 16.9. The van der Waals surface area contributed by atoms with Crippen molar-refractivity contribution in [1.29, 1.82) is 0 Å². The van der Waals surface area contributed by atoms with Gasteiger partial charge in [0.25, 0.3) is 0 Å². The summed E-state index contributed by atoms with van der Waals surface area (Å²) in [5, 5.41) is 0. The fourth-order valence-electron chi connectivity index (χ4n) is 0.482. The van der Waals surface area contributed by atoms with E-state index in [4.69, 9.17) is 14.3 Å². The number of rotatable bonds is 6. The van der Waals surface area contributed by atoms with E-state index in [1.165, 1.54) is 0 Å². The Morgan fingerprint density at radius 2 is 1.77 bits per heavy atom. The topological polar surface area (TPSA) is 79.2 Å². The average Bonchev–Trinajstić information content (AvgIpc) is 1.81. The predicted molar refractivity (Wildman–Crippen MR) is 57.2 cm³/mol. The molecule has 3 N–H and O–H groups in total. The Hall–Kier alpha value is 1.10. The first-order chi connectivity index (χ1) is 5.77. The second-order valence-corrected chi connectivity index (χ2v) is 7.87. The zero-order chi connectivity index (χ0) is 10.5. The van der Waals surface area contributed by atoms with Crippen molar-refractivity contribution < 1.29 is 23.5 Å². The van der Waals surface area contributed by atoms with Gasteiger partial charge >= 0.3 is 13.4 Å². The molecule has 0 spiro atoms. The lowest BCUT2D eigenvalue weighted by Crippen LogP contribution is -1.95. The van der Waals surface area contributed by atoms with Crippen molar-refractivity contribution in [2.75, 3.05) is 6.61 Å². The molecule has 0 rings (SSSR count). The lowest BCUT2D eigenvalue weighted by atomic mass is 10.4. The largest absolute Gasteiger partial charge is 0.331 e. The molecule has 0 amide bonds. The fraction of sp³-hybridized carbons (Fsp3) is 1.00. The van der Waals surface area contributed by atoms with Crippen LogP contribution in [0.2, 0.25) is 0 Å². The van der Waals surface area contributed by atoms with Crippen molar-refractivity contribution in [2.45, 2.75) is 19.8 Å². The molecule has 80 valence electrons.